The summed E-state index contributed by atoms with van der Waals surface area (Å²) in [6, 6.07) is 9.35. The monoisotopic (exact) mass is 619 g/mol. The Morgan fingerprint density at radius 2 is 1.98 bits per heavy atom. The molecule has 43 heavy (non-hydrogen) atoms. The van der Waals surface area contributed by atoms with Crippen molar-refractivity contribution in [2.24, 2.45) is 11.0 Å². The van der Waals surface area contributed by atoms with Crippen molar-refractivity contribution in [2.75, 3.05) is 18.9 Å². The fraction of sp³-hybridized carbons (Fsp3) is 0.607. The average Bonchev–Trinajstić information content (AvgIpc) is 3.20. The van der Waals surface area contributed by atoms with Crippen molar-refractivity contribution in [2.45, 2.75) is 89.6 Å². The van der Waals surface area contributed by atoms with Crippen LogP contribution < -0.4 is 16.5 Å². The maximum absolute atomic E-state index is 14.2. The molecule has 0 spiro atoms. The highest BCUT2D eigenvalue weighted by molar-refractivity contribution is 7.56. The summed E-state index contributed by atoms with van der Waals surface area (Å²) in [6.07, 6.45) is 1.21. The molecule has 236 valence electrons. The Hall–Kier alpha value is -3.25. The molecule has 0 aliphatic carbocycles. The topological polar surface area (TPSA) is 204 Å². The molecule has 1 unspecified atom stereocenters. The van der Waals surface area contributed by atoms with Crippen LogP contribution in [0.5, 0.6) is 0 Å². The number of azide groups is 1. The van der Waals surface area contributed by atoms with Gasteiger partial charge in [-0.1, -0.05) is 62.1 Å². The molecule has 3 rings (SSSR count). The summed E-state index contributed by atoms with van der Waals surface area (Å²) < 4.78 is 32.7. The van der Waals surface area contributed by atoms with Crippen LogP contribution in [0.25, 0.3) is 10.4 Å². The second-order valence-corrected chi connectivity index (χ2v) is 13.1. The number of aliphatic hydroxyl groups excluding tert-OH is 1. The molecule has 15 heteroatoms. The lowest BCUT2D eigenvalue weighted by molar-refractivity contribution is -0.146. The average molecular weight is 620 g/mol. The van der Waals surface area contributed by atoms with Gasteiger partial charge in [0.25, 0.3) is 7.52 Å². The van der Waals surface area contributed by atoms with E-state index in [1.54, 1.807) is 31.2 Å². The van der Waals surface area contributed by atoms with Crippen molar-refractivity contribution in [3.63, 3.8) is 0 Å². The first-order valence-electron chi connectivity index (χ1n) is 14.4. The molecule has 1 aromatic heterocycles. The third-order valence-electron chi connectivity index (χ3n) is 7.40. The van der Waals surface area contributed by atoms with Gasteiger partial charge < -0.3 is 24.8 Å². The Kier molecular flexibility index (Phi) is 12.3. The van der Waals surface area contributed by atoms with E-state index in [-0.39, 0.29) is 24.5 Å². The highest BCUT2D eigenvalue weighted by Gasteiger charge is 2.54. The van der Waals surface area contributed by atoms with Gasteiger partial charge in [0.1, 0.15) is 23.5 Å². The summed E-state index contributed by atoms with van der Waals surface area (Å²) in [7, 11) is -3.81. The Morgan fingerprint density at radius 1 is 1.30 bits per heavy atom. The van der Waals surface area contributed by atoms with Crippen molar-refractivity contribution in [3.05, 3.63) is 69.1 Å². The quantitative estimate of drug-likeness (QED) is 0.0799. The normalized spacial score (nSPS) is 23.8. The van der Waals surface area contributed by atoms with E-state index in [2.05, 4.69) is 33.9 Å². The van der Waals surface area contributed by atoms with E-state index in [0.717, 1.165) is 30.3 Å². The molecule has 2 heterocycles. The van der Waals surface area contributed by atoms with Gasteiger partial charge in [-0.05, 0) is 49.8 Å². The van der Waals surface area contributed by atoms with Crippen molar-refractivity contribution in [1.29, 1.82) is 0 Å². The molecule has 1 aliphatic heterocycles. The summed E-state index contributed by atoms with van der Waals surface area (Å²) in [4.78, 5) is 32.0. The van der Waals surface area contributed by atoms with Gasteiger partial charge in [-0.3, -0.25) is 13.9 Å². The number of nitrogens with zero attached hydrogens (tertiary/aromatic N) is 5. The number of nitrogen functional groups attached to an aromatic ring is 1. The number of nitrogens with one attached hydrogen (secondary N) is 1. The molecule has 14 nitrogen and oxygen atoms in total. The van der Waals surface area contributed by atoms with Gasteiger partial charge in [-0.15, -0.1) is 0 Å². The number of aliphatic hydroxyl groups is 1. The molecule has 4 N–H and O–H groups in total. The first-order valence-corrected chi connectivity index (χ1v) is 16.2. The first-order chi connectivity index (χ1) is 20.5. The molecule has 0 saturated carbocycles. The second kappa shape index (κ2) is 15.5. The number of hydrogen-bond acceptors (Lipinski definition) is 10. The van der Waals surface area contributed by atoms with Crippen LogP contribution in [0.15, 0.2) is 52.5 Å². The summed E-state index contributed by atoms with van der Waals surface area (Å²) >= 11 is 0. The van der Waals surface area contributed by atoms with Gasteiger partial charge in [-0.25, -0.2) is 9.88 Å². The third kappa shape index (κ3) is 8.88. The number of carbonyl (C=O) groups is 1. The fourth-order valence-electron chi connectivity index (χ4n) is 5.13. The summed E-state index contributed by atoms with van der Waals surface area (Å²) in [5.74, 6) is -0.323. The number of esters is 1. The molecule has 1 aliphatic rings. The van der Waals surface area contributed by atoms with E-state index in [1.165, 1.54) is 19.2 Å². The van der Waals surface area contributed by atoms with Gasteiger partial charge >= 0.3 is 11.7 Å². The minimum Gasteiger partial charge on any atom is -0.464 e. The van der Waals surface area contributed by atoms with Gasteiger partial charge in [0.05, 0.1) is 25.5 Å². The molecule has 1 aromatic carbocycles. The number of benzene rings is 1. The lowest BCUT2D eigenvalue weighted by Gasteiger charge is -2.28. The van der Waals surface area contributed by atoms with E-state index < -0.39 is 55.8 Å². The summed E-state index contributed by atoms with van der Waals surface area (Å²) in [5.41, 5.74) is 13.1. The van der Waals surface area contributed by atoms with Gasteiger partial charge in [-0.2, -0.15) is 4.98 Å². The lowest BCUT2D eigenvalue weighted by Crippen LogP contribution is -2.45. The Labute approximate surface area is 251 Å². The molecule has 0 bridgehead atoms. The molecule has 0 radical (unpaired) electrons. The van der Waals surface area contributed by atoms with E-state index in [4.69, 9.17) is 19.7 Å². The van der Waals surface area contributed by atoms with Crippen LogP contribution in [0.4, 0.5) is 5.82 Å². The molecule has 1 saturated heterocycles. The largest absolute Gasteiger partial charge is 0.464 e. The second-order valence-electron chi connectivity index (χ2n) is 11.0. The maximum atomic E-state index is 14.2. The number of rotatable bonds is 16. The third-order valence-corrected chi connectivity index (χ3v) is 9.53. The number of aromatic nitrogens is 2. The SMILES string of the molecule is CCCC(CCC)COC(=O)[C@H](C)NP(=O)(Cc1ccccc1)OC[C@H]1O[C@@H](n2ccc(N)nc2=O)[C@](C)(N=[N+]=[N-])[C@@H]1O. The van der Waals surface area contributed by atoms with Crippen molar-refractivity contribution >= 4 is 19.3 Å². The Bertz CT molecular complexity index is 1360. The zero-order valence-corrected chi connectivity index (χ0v) is 25.9. The molecular formula is C28H42N7O7P. The minimum atomic E-state index is -3.81. The van der Waals surface area contributed by atoms with Crippen molar-refractivity contribution in [3.8, 4) is 0 Å². The van der Waals surface area contributed by atoms with Crippen LogP contribution in [-0.4, -0.2) is 57.6 Å². The number of nitrogens with two attached hydrogens (primary N) is 1. The molecular weight excluding hydrogens is 577 g/mol. The van der Waals surface area contributed by atoms with Crippen molar-refractivity contribution < 1.29 is 28.5 Å². The van der Waals surface area contributed by atoms with E-state index >= 15 is 0 Å². The molecule has 2 aromatic rings. The number of ether oxygens (including phenoxy) is 2. The minimum absolute atomic E-state index is 0.0167. The zero-order valence-electron chi connectivity index (χ0n) is 25.0. The van der Waals surface area contributed by atoms with E-state index in [1.807, 2.05) is 6.07 Å². The highest BCUT2D eigenvalue weighted by Crippen LogP contribution is 2.49. The van der Waals surface area contributed by atoms with Crippen LogP contribution in [0.2, 0.25) is 0 Å². The van der Waals surface area contributed by atoms with Crippen LogP contribution in [-0.2, 0) is 29.5 Å². The standard InChI is InChI=1S/C28H42N7O7P/c1-5-10-20(11-6-2)16-40-25(37)19(3)32-43(39,18-21-12-8-7-9-13-21)41-17-22-24(36)28(4,33-34-30)26(42-22)35-15-14-23(29)31-27(35)38/h7-9,12-15,19-20,22,24,26,36H,5-6,10-11,16-18H2,1-4H3,(H,32,39)(H2,29,31,38)/t19-,22+,24+,26+,28+,43?/m0/s1. The predicted octanol–water partition coefficient (Wildman–Crippen LogP) is 4.30. The molecule has 1 fully saturated rings. The van der Waals surface area contributed by atoms with Gasteiger partial charge in [0, 0.05) is 11.1 Å². The van der Waals surface area contributed by atoms with Crippen LogP contribution in [0.3, 0.4) is 0 Å². The van der Waals surface area contributed by atoms with E-state index in [0.29, 0.717) is 5.56 Å². The Balaban J connectivity index is 1.79. The number of hydrogen-bond donors (Lipinski definition) is 3. The first kappa shape index (κ1) is 34.2. The van der Waals surface area contributed by atoms with Gasteiger partial charge in [0.2, 0.25) is 0 Å². The number of anilines is 1. The van der Waals surface area contributed by atoms with Crippen molar-refractivity contribution in [1.82, 2.24) is 14.6 Å². The predicted molar refractivity (Wildman–Crippen MR) is 161 cm³/mol. The summed E-state index contributed by atoms with van der Waals surface area (Å²) in [6.45, 7) is 7.00. The zero-order chi connectivity index (χ0) is 31.6. The van der Waals surface area contributed by atoms with Crippen LogP contribution in [0.1, 0.15) is 65.2 Å². The van der Waals surface area contributed by atoms with Gasteiger partial charge in [0.15, 0.2) is 6.23 Å². The molecule has 6 atom stereocenters. The Morgan fingerprint density at radius 3 is 2.58 bits per heavy atom. The number of carbonyl (C=O) groups excluding carboxylic acids is 1. The molecule has 0 amide bonds. The van der Waals surface area contributed by atoms with Crippen LogP contribution in [0, 0.1) is 5.92 Å². The fourth-order valence-corrected chi connectivity index (χ4v) is 7.17. The maximum Gasteiger partial charge on any atom is 0.351 e. The summed E-state index contributed by atoms with van der Waals surface area (Å²) in [5, 5.41) is 17.7. The van der Waals surface area contributed by atoms with Crippen LogP contribution >= 0.6 is 7.52 Å². The smallest absolute Gasteiger partial charge is 0.351 e. The van der Waals surface area contributed by atoms with E-state index in [9.17, 15) is 24.8 Å². The lowest BCUT2D eigenvalue weighted by atomic mass is 9.93. The highest BCUT2D eigenvalue weighted by atomic mass is 31.2.